The van der Waals surface area contributed by atoms with E-state index in [0.717, 1.165) is 67.2 Å². The first kappa shape index (κ1) is 21.7. The number of unbranched alkanes of at least 4 members (excludes halogenated alkanes) is 1. The highest BCUT2D eigenvalue weighted by Gasteiger charge is 2.19. The smallest absolute Gasteiger partial charge is 0.279 e. The second-order valence-corrected chi connectivity index (χ2v) is 8.28. The summed E-state index contributed by atoms with van der Waals surface area (Å²) in [5.41, 5.74) is 2.71. The zero-order valence-electron chi connectivity index (χ0n) is 17.9. The van der Waals surface area contributed by atoms with Crippen LogP contribution in [-0.4, -0.2) is 67.2 Å². The van der Waals surface area contributed by atoms with Crippen LogP contribution in [0.1, 0.15) is 23.2 Å². The summed E-state index contributed by atoms with van der Waals surface area (Å²) in [5.74, 6) is -0.131. The molecular formula is C24H29ClN4O2. The Bertz CT molecular complexity index is 1010. The highest BCUT2D eigenvalue weighted by Crippen LogP contribution is 2.26. The third-order valence-corrected chi connectivity index (χ3v) is 6.14. The van der Waals surface area contributed by atoms with Gasteiger partial charge in [-0.3, -0.25) is 14.5 Å². The summed E-state index contributed by atoms with van der Waals surface area (Å²) >= 11 is 6.32. The summed E-state index contributed by atoms with van der Waals surface area (Å²) in [5, 5.41) is 3.08. The van der Waals surface area contributed by atoms with E-state index in [1.54, 1.807) is 13.2 Å². The van der Waals surface area contributed by atoms with Crippen molar-refractivity contribution in [3.8, 4) is 0 Å². The fourth-order valence-electron chi connectivity index (χ4n) is 4.04. The number of H-pyrrole nitrogens is 1. The molecular weight excluding hydrogens is 412 g/mol. The molecule has 0 aliphatic carbocycles. The van der Waals surface area contributed by atoms with Crippen LogP contribution in [0.25, 0.3) is 10.9 Å². The second-order valence-electron chi connectivity index (χ2n) is 7.87. The summed E-state index contributed by atoms with van der Waals surface area (Å²) in [6, 6.07) is 15.8. The minimum absolute atomic E-state index is 0.131. The molecule has 0 atom stereocenters. The van der Waals surface area contributed by atoms with Gasteiger partial charge in [-0.2, -0.15) is 0 Å². The number of nitrogens with one attached hydrogen (secondary N) is 1. The van der Waals surface area contributed by atoms with Crippen molar-refractivity contribution in [1.29, 1.82) is 0 Å². The van der Waals surface area contributed by atoms with Gasteiger partial charge in [-0.05, 0) is 37.6 Å². The fourth-order valence-corrected chi connectivity index (χ4v) is 4.29. The molecule has 31 heavy (non-hydrogen) atoms. The van der Waals surface area contributed by atoms with Gasteiger partial charge in [0.05, 0.1) is 22.9 Å². The average Bonchev–Trinajstić information content (AvgIpc) is 3.23. The number of hydroxylamine groups is 2. The Morgan fingerprint density at radius 3 is 2.61 bits per heavy atom. The summed E-state index contributed by atoms with van der Waals surface area (Å²) in [7, 11) is 1.68. The van der Waals surface area contributed by atoms with E-state index in [4.69, 9.17) is 16.4 Å². The van der Waals surface area contributed by atoms with E-state index in [2.05, 4.69) is 20.9 Å². The molecule has 2 aromatic carbocycles. The molecule has 1 aromatic heterocycles. The Kier molecular flexibility index (Phi) is 7.12. The number of piperazine rings is 1. The van der Waals surface area contributed by atoms with Gasteiger partial charge in [0.1, 0.15) is 0 Å². The van der Waals surface area contributed by atoms with Crippen molar-refractivity contribution in [3.63, 3.8) is 0 Å². The molecule has 1 aliphatic heterocycles. The Morgan fingerprint density at radius 2 is 1.81 bits per heavy atom. The topological polar surface area (TPSA) is 51.8 Å². The molecule has 0 saturated carbocycles. The summed E-state index contributed by atoms with van der Waals surface area (Å²) in [6.07, 6.45) is 3.70. The maximum absolute atomic E-state index is 12.7. The van der Waals surface area contributed by atoms with Crippen LogP contribution >= 0.6 is 11.6 Å². The van der Waals surface area contributed by atoms with E-state index in [0.29, 0.717) is 12.2 Å². The summed E-state index contributed by atoms with van der Waals surface area (Å²) < 4.78 is 0. The van der Waals surface area contributed by atoms with Gasteiger partial charge < -0.3 is 9.88 Å². The monoisotopic (exact) mass is 440 g/mol. The first-order valence-electron chi connectivity index (χ1n) is 10.8. The molecule has 2 heterocycles. The lowest BCUT2D eigenvalue weighted by Gasteiger charge is -2.36. The number of nitrogens with zero attached hydrogens (tertiary/aromatic N) is 3. The van der Waals surface area contributed by atoms with Crippen molar-refractivity contribution in [2.45, 2.75) is 12.8 Å². The van der Waals surface area contributed by atoms with E-state index >= 15 is 0 Å². The molecule has 1 N–H and O–H groups in total. The number of rotatable bonds is 8. The number of amides is 1. The van der Waals surface area contributed by atoms with Crippen LogP contribution in [-0.2, 0) is 4.84 Å². The Hall–Kier alpha value is -2.54. The van der Waals surface area contributed by atoms with Gasteiger partial charge in [-0.15, -0.1) is 0 Å². The third-order valence-electron chi connectivity index (χ3n) is 5.82. The molecule has 7 heteroatoms. The normalized spacial score (nSPS) is 14.8. The van der Waals surface area contributed by atoms with Gasteiger partial charge in [0.25, 0.3) is 5.91 Å². The van der Waals surface area contributed by atoms with Crippen LogP contribution in [0, 0.1) is 0 Å². The van der Waals surface area contributed by atoms with Gasteiger partial charge in [0.15, 0.2) is 0 Å². The number of benzene rings is 2. The number of para-hydroxylation sites is 2. The molecule has 164 valence electrons. The predicted octanol–water partition coefficient (Wildman–Crippen LogP) is 4.43. The molecule has 4 rings (SSSR count). The largest absolute Gasteiger partial charge is 0.368 e. The minimum atomic E-state index is -0.131. The van der Waals surface area contributed by atoms with Crippen molar-refractivity contribution in [2.24, 2.45) is 0 Å². The zero-order chi connectivity index (χ0) is 21.6. The third kappa shape index (κ3) is 5.21. The van der Waals surface area contributed by atoms with Crippen LogP contribution in [0.15, 0.2) is 54.7 Å². The SMILES string of the molecule is CN(OCCCCN1CCN(c2ccccc2Cl)CC1)C(=O)c1c[nH]c2ccccc12. The van der Waals surface area contributed by atoms with Crippen molar-refractivity contribution < 1.29 is 9.63 Å². The molecule has 3 aromatic rings. The summed E-state index contributed by atoms with van der Waals surface area (Å²) in [6.45, 7) is 5.62. The van der Waals surface area contributed by atoms with E-state index in [-0.39, 0.29) is 5.91 Å². The molecule has 0 unspecified atom stereocenters. The highest BCUT2D eigenvalue weighted by molar-refractivity contribution is 6.33. The number of hydrogen-bond acceptors (Lipinski definition) is 4. The average molecular weight is 441 g/mol. The number of aromatic nitrogens is 1. The van der Waals surface area contributed by atoms with E-state index in [1.165, 1.54) is 5.06 Å². The van der Waals surface area contributed by atoms with Crippen molar-refractivity contribution in [1.82, 2.24) is 14.9 Å². The maximum atomic E-state index is 12.7. The van der Waals surface area contributed by atoms with Crippen LogP contribution in [0.2, 0.25) is 5.02 Å². The van der Waals surface area contributed by atoms with Gasteiger partial charge in [0.2, 0.25) is 0 Å². The molecule has 1 saturated heterocycles. The lowest BCUT2D eigenvalue weighted by molar-refractivity contribution is -0.106. The Labute approximate surface area is 188 Å². The van der Waals surface area contributed by atoms with Crippen molar-refractivity contribution in [3.05, 3.63) is 65.3 Å². The highest BCUT2D eigenvalue weighted by atomic mass is 35.5. The number of halogens is 1. The van der Waals surface area contributed by atoms with Crippen LogP contribution in [0.5, 0.6) is 0 Å². The first-order valence-corrected chi connectivity index (χ1v) is 11.2. The second kappa shape index (κ2) is 10.2. The molecule has 0 radical (unpaired) electrons. The van der Waals surface area contributed by atoms with Gasteiger partial charge >= 0.3 is 0 Å². The molecule has 1 fully saturated rings. The van der Waals surface area contributed by atoms with E-state index < -0.39 is 0 Å². The predicted molar refractivity (Wildman–Crippen MR) is 126 cm³/mol. The quantitative estimate of drug-likeness (QED) is 0.416. The van der Waals surface area contributed by atoms with Crippen molar-refractivity contribution in [2.75, 3.05) is 51.3 Å². The first-order chi connectivity index (χ1) is 15.1. The van der Waals surface area contributed by atoms with Gasteiger partial charge in [-0.1, -0.05) is 41.9 Å². The molecule has 6 nitrogen and oxygen atoms in total. The number of hydrogen-bond donors (Lipinski definition) is 1. The Balaban J connectivity index is 1.15. The number of aromatic amines is 1. The molecule has 1 amide bonds. The zero-order valence-corrected chi connectivity index (χ0v) is 18.6. The van der Waals surface area contributed by atoms with E-state index in [9.17, 15) is 4.79 Å². The van der Waals surface area contributed by atoms with E-state index in [1.807, 2.05) is 42.5 Å². The molecule has 0 spiro atoms. The Morgan fingerprint density at radius 1 is 1.06 bits per heavy atom. The number of fused-ring (bicyclic) bond motifs is 1. The molecule has 0 bridgehead atoms. The standard InChI is InChI=1S/C24H29ClN4O2/c1-27(24(30)20-18-26-22-10-4-2-8-19(20)22)31-17-7-6-12-28-13-15-29(16-14-28)23-11-5-3-9-21(23)25/h2-5,8-11,18,26H,6-7,12-17H2,1H3. The van der Waals surface area contributed by atoms with Crippen LogP contribution < -0.4 is 4.90 Å². The number of carbonyl (C=O) groups excluding carboxylic acids is 1. The van der Waals surface area contributed by atoms with Crippen molar-refractivity contribution >= 4 is 34.1 Å². The lowest BCUT2D eigenvalue weighted by atomic mass is 10.1. The number of carbonyl (C=O) groups is 1. The van der Waals surface area contributed by atoms with Gasteiger partial charge in [0, 0.05) is 50.3 Å². The fraction of sp³-hybridized carbons (Fsp3) is 0.375. The maximum Gasteiger partial charge on any atom is 0.279 e. The van der Waals surface area contributed by atoms with Crippen LogP contribution in [0.4, 0.5) is 5.69 Å². The summed E-state index contributed by atoms with van der Waals surface area (Å²) in [4.78, 5) is 26.3. The van der Waals surface area contributed by atoms with Crippen LogP contribution in [0.3, 0.4) is 0 Å². The molecule has 1 aliphatic rings. The lowest BCUT2D eigenvalue weighted by Crippen LogP contribution is -2.46. The number of anilines is 1. The minimum Gasteiger partial charge on any atom is -0.368 e. The van der Waals surface area contributed by atoms with Gasteiger partial charge in [-0.25, -0.2) is 5.06 Å².